The number of hydrogen-bond donors (Lipinski definition) is 2. The van der Waals surface area contributed by atoms with E-state index < -0.39 is 0 Å². The maximum Gasteiger partial charge on any atom is 0.225 e. The zero-order valence-corrected chi connectivity index (χ0v) is 14.1. The van der Waals surface area contributed by atoms with Crippen LogP contribution in [0.2, 0.25) is 0 Å². The summed E-state index contributed by atoms with van der Waals surface area (Å²) >= 11 is 0. The first-order chi connectivity index (χ1) is 9.40. The van der Waals surface area contributed by atoms with Crippen LogP contribution in [-0.2, 0) is 11.2 Å². The lowest BCUT2D eigenvalue weighted by atomic mass is 9.90. The first-order valence-electron chi connectivity index (χ1n) is 7.03. The Morgan fingerprint density at radius 2 is 2.00 bits per heavy atom. The topological polar surface area (TPSA) is 64.3 Å². The van der Waals surface area contributed by atoms with Gasteiger partial charge in [0.25, 0.3) is 0 Å². The summed E-state index contributed by atoms with van der Waals surface area (Å²) < 4.78 is 5.26. The average Bonchev–Trinajstić information content (AvgIpc) is 2.38. The molecule has 0 fully saturated rings. The number of benzene rings is 1. The summed E-state index contributed by atoms with van der Waals surface area (Å²) in [5.74, 6) is 1.19. The molecule has 0 aliphatic rings. The SMILES string of the molecule is COc1ccccc1CC(=O)NC(C)(CN)CC(C)C.Cl. The number of nitrogens with one attached hydrogen (secondary N) is 1. The van der Waals surface area contributed by atoms with Gasteiger partial charge in [-0.1, -0.05) is 32.0 Å². The van der Waals surface area contributed by atoms with Crippen LogP contribution in [0.3, 0.4) is 0 Å². The van der Waals surface area contributed by atoms with Crippen molar-refractivity contribution in [3.05, 3.63) is 29.8 Å². The molecule has 21 heavy (non-hydrogen) atoms. The highest BCUT2D eigenvalue weighted by Gasteiger charge is 2.26. The Morgan fingerprint density at radius 3 is 2.52 bits per heavy atom. The van der Waals surface area contributed by atoms with Gasteiger partial charge in [0, 0.05) is 17.6 Å². The molecule has 0 aromatic heterocycles. The molecular weight excluding hydrogens is 288 g/mol. The van der Waals surface area contributed by atoms with Crippen LogP contribution in [0.25, 0.3) is 0 Å². The fourth-order valence-corrected chi connectivity index (χ4v) is 2.49. The summed E-state index contributed by atoms with van der Waals surface area (Å²) in [5.41, 5.74) is 6.35. The minimum atomic E-state index is -0.354. The molecule has 1 amide bonds. The maximum absolute atomic E-state index is 12.2. The van der Waals surface area contributed by atoms with Gasteiger partial charge < -0.3 is 15.8 Å². The van der Waals surface area contributed by atoms with Gasteiger partial charge in [0.2, 0.25) is 5.91 Å². The van der Waals surface area contributed by atoms with E-state index >= 15 is 0 Å². The van der Waals surface area contributed by atoms with E-state index in [0.29, 0.717) is 18.9 Å². The lowest BCUT2D eigenvalue weighted by molar-refractivity contribution is -0.122. The molecule has 1 unspecified atom stereocenters. The van der Waals surface area contributed by atoms with Crippen molar-refractivity contribution in [1.82, 2.24) is 5.32 Å². The van der Waals surface area contributed by atoms with Crippen molar-refractivity contribution in [3.63, 3.8) is 0 Å². The van der Waals surface area contributed by atoms with Crippen molar-refractivity contribution in [2.45, 2.75) is 39.2 Å². The Balaban J connectivity index is 0.00000400. The number of methoxy groups -OCH3 is 1. The molecule has 0 heterocycles. The molecule has 5 heteroatoms. The molecule has 0 saturated carbocycles. The van der Waals surface area contributed by atoms with Gasteiger partial charge in [-0.15, -0.1) is 12.4 Å². The summed E-state index contributed by atoms with van der Waals surface area (Å²) in [5, 5.41) is 3.05. The number of carbonyl (C=O) groups is 1. The number of rotatable bonds is 7. The Kier molecular flexibility index (Phi) is 8.37. The molecule has 0 aliphatic heterocycles. The van der Waals surface area contributed by atoms with Crippen LogP contribution in [0.4, 0.5) is 0 Å². The normalized spacial score (nSPS) is 13.2. The molecule has 0 spiro atoms. The van der Waals surface area contributed by atoms with Gasteiger partial charge in [0.1, 0.15) is 5.75 Å². The van der Waals surface area contributed by atoms with E-state index in [2.05, 4.69) is 19.2 Å². The van der Waals surface area contributed by atoms with Crippen LogP contribution >= 0.6 is 12.4 Å². The van der Waals surface area contributed by atoms with E-state index in [0.717, 1.165) is 17.7 Å². The number of ether oxygens (including phenoxy) is 1. The van der Waals surface area contributed by atoms with Crippen LogP contribution in [-0.4, -0.2) is 25.1 Å². The van der Waals surface area contributed by atoms with Gasteiger partial charge in [-0.3, -0.25) is 4.79 Å². The van der Waals surface area contributed by atoms with E-state index in [4.69, 9.17) is 10.5 Å². The van der Waals surface area contributed by atoms with E-state index in [-0.39, 0.29) is 23.9 Å². The van der Waals surface area contributed by atoms with Gasteiger partial charge in [-0.25, -0.2) is 0 Å². The molecule has 3 N–H and O–H groups in total. The molecular formula is C16H27ClN2O2. The molecule has 0 radical (unpaired) electrons. The van der Waals surface area contributed by atoms with E-state index in [1.807, 2.05) is 31.2 Å². The second kappa shape index (κ2) is 8.90. The van der Waals surface area contributed by atoms with Crippen molar-refractivity contribution in [2.24, 2.45) is 11.7 Å². The van der Waals surface area contributed by atoms with Crippen molar-refractivity contribution in [3.8, 4) is 5.75 Å². The third-order valence-corrected chi connectivity index (χ3v) is 3.29. The van der Waals surface area contributed by atoms with Gasteiger partial charge in [0.05, 0.1) is 13.5 Å². The summed E-state index contributed by atoms with van der Waals surface area (Å²) in [6.45, 7) is 6.68. The lowest BCUT2D eigenvalue weighted by Gasteiger charge is -2.31. The van der Waals surface area contributed by atoms with Gasteiger partial charge in [-0.2, -0.15) is 0 Å². The molecule has 0 aliphatic carbocycles. The highest BCUT2D eigenvalue weighted by Crippen LogP contribution is 2.19. The summed E-state index contributed by atoms with van der Waals surface area (Å²) in [6.07, 6.45) is 1.17. The van der Waals surface area contributed by atoms with Gasteiger partial charge >= 0.3 is 0 Å². The van der Waals surface area contributed by atoms with Crippen molar-refractivity contribution < 1.29 is 9.53 Å². The predicted molar refractivity (Wildman–Crippen MR) is 89.0 cm³/mol. The third-order valence-electron chi connectivity index (χ3n) is 3.29. The van der Waals surface area contributed by atoms with Crippen molar-refractivity contribution >= 4 is 18.3 Å². The highest BCUT2D eigenvalue weighted by atomic mass is 35.5. The Hall–Kier alpha value is -1.26. The number of hydrogen-bond acceptors (Lipinski definition) is 3. The first-order valence-corrected chi connectivity index (χ1v) is 7.03. The molecule has 1 atom stereocenters. The number of para-hydroxylation sites is 1. The van der Waals surface area contributed by atoms with E-state index in [9.17, 15) is 4.79 Å². The third kappa shape index (κ3) is 6.36. The van der Waals surface area contributed by atoms with Crippen molar-refractivity contribution in [1.29, 1.82) is 0 Å². The number of amides is 1. The summed E-state index contributed by atoms with van der Waals surface area (Å²) in [7, 11) is 1.61. The number of halogens is 1. The van der Waals surface area contributed by atoms with Crippen molar-refractivity contribution in [2.75, 3.05) is 13.7 Å². The predicted octanol–water partition coefficient (Wildman–Crippen LogP) is 2.54. The van der Waals surface area contributed by atoms with Gasteiger partial charge in [-0.05, 0) is 25.3 Å². The van der Waals surface area contributed by atoms with Crippen LogP contribution in [0, 0.1) is 5.92 Å². The summed E-state index contributed by atoms with van der Waals surface area (Å²) in [6, 6.07) is 7.56. The minimum absolute atomic E-state index is 0. The molecule has 0 bridgehead atoms. The monoisotopic (exact) mass is 314 g/mol. The fraction of sp³-hybridized carbons (Fsp3) is 0.562. The molecule has 0 saturated heterocycles. The summed E-state index contributed by atoms with van der Waals surface area (Å²) in [4.78, 5) is 12.2. The highest BCUT2D eigenvalue weighted by molar-refractivity contribution is 5.85. The van der Waals surface area contributed by atoms with E-state index in [1.54, 1.807) is 7.11 Å². The molecule has 4 nitrogen and oxygen atoms in total. The molecule has 1 aromatic rings. The molecule has 1 aromatic carbocycles. The maximum atomic E-state index is 12.2. The minimum Gasteiger partial charge on any atom is -0.496 e. The zero-order chi connectivity index (χ0) is 15.2. The quantitative estimate of drug-likeness (QED) is 0.813. The lowest BCUT2D eigenvalue weighted by Crippen LogP contribution is -2.52. The van der Waals surface area contributed by atoms with E-state index in [1.165, 1.54) is 0 Å². The molecule has 120 valence electrons. The number of nitrogens with two attached hydrogens (primary N) is 1. The average molecular weight is 315 g/mol. The largest absolute Gasteiger partial charge is 0.496 e. The van der Waals surface area contributed by atoms with Crippen LogP contribution in [0.5, 0.6) is 5.75 Å². The Labute approximate surface area is 133 Å². The second-order valence-electron chi connectivity index (χ2n) is 5.90. The standard InChI is InChI=1S/C16H26N2O2.ClH/c1-12(2)10-16(3,11-17)18-15(19)9-13-7-5-6-8-14(13)20-4;/h5-8,12H,9-11,17H2,1-4H3,(H,18,19);1H. The first kappa shape index (κ1) is 19.7. The van der Waals surface area contributed by atoms with Crippen LogP contribution in [0.15, 0.2) is 24.3 Å². The Bertz CT molecular complexity index is 452. The van der Waals surface area contributed by atoms with Crippen LogP contribution in [0.1, 0.15) is 32.8 Å². The fourth-order valence-electron chi connectivity index (χ4n) is 2.49. The smallest absolute Gasteiger partial charge is 0.225 e. The second-order valence-corrected chi connectivity index (χ2v) is 5.90. The number of carbonyl (C=O) groups excluding carboxylic acids is 1. The molecule has 1 rings (SSSR count). The zero-order valence-electron chi connectivity index (χ0n) is 13.3. The van der Waals surface area contributed by atoms with Crippen LogP contribution < -0.4 is 15.8 Å². The Morgan fingerprint density at radius 1 is 1.38 bits per heavy atom. The van der Waals surface area contributed by atoms with Gasteiger partial charge in [0.15, 0.2) is 0 Å².